The molecule has 2 aliphatic heterocycles. The largest absolute Gasteiger partial charge is 0.497 e. The summed E-state index contributed by atoms with van der Waals surface area (Å²) in [6.07, 6.45) is 0.679. The fourth-order valence-corrected chi connectivity index (χ4v) is 5.00. The summed E-state index contributed by atoms with van der Waals surface area (Å²) >= 11 is 0. The standard InChI is InChI=1S/C27H28FN3O2/c1-33-23-12-9-20-15-24(27(32)29-17-19-7-10-21(28)11-8-19)26-18-30(22-5-3-2-4-6-22)13-14-31(26)25(20)16-23/h2-12,16,24,26H,13-15,17-18H2,1H3,(H,29,32)/t24-,26+/m0/s1. The number of amides is 1. The van der Waals surface area contributed by atoms with Gasteiger partial charge >= 0.3 is 0 Å². The van der Waals surface area contributed by atoms with Crippen molar-refractivity contribution in [2.24, 2.45) is 5.92 Å². The second kappa shape index (κ2) is 9.14. The first-order chi connectivity index (χ1) is 16.1. The summed E-state index contributed by atoms with van der Waals surface area (Å²) in [6, 6.07) is 22.8. The zero-order chi connectivity index (χ0) is 22.8. The van der Waals surface area contributed by atoms with Crippen molar-refractivity contribution in [2.75, 3.05) is 36.5 Å². The number of hydrogen-bond acceptors (Lipinski definition) is 4. The zero-order valence-electron chi connectivity index (χ0n) is 18.7. The van der Waals surface area contributed by atoms with Crippen molar-refractivity contribution in [3.05, 3.63) is 89.7 Å². The lowest BCUT2D eigenvalue weighted by Gasteiger charge is -2.49. The van der Waals surface area contributed by atoms with Gasteiger partial charge in [-0.05, 0) is 47.9 Å². The van der Waals surface area contributed by atoms with E-state index in [4.69, 9.17) is 4.74 Å². The number of hydrogen-bond donors (Lipinski definition) is 1. The molecular formula is C27H28FN3O2. The van der Waals surface area contributed by atoms with Crippen LogP contribution in [0.1, 0.15) is 11.1 Å². The maximum Gasteiger partial charge on any atom is 0.225 e. The number of ether oxygens (including phenoxy) is 1. The van der Waals surface area contributed by atoms with Gasteiger partial charge in [0, 0.05) is 43.6 Å². The van der Waals surface area contributed by atoms with Gasteiger partial charge in [0.2, 0.25) is 5.91 Å². The van der Waals surface area contributed by atoms with Crippen LogP contribution in [-0.2, 0) is 17.8 Å². The first-order valence-electron chi connectivity index (χ1n) is 11.4. The molecule has 2 heterocycles. The average Bonchev–Trinajstić information content (AvgIpc) is 2.87. The maximum atomic E-state index is 13.4. The fourth-order valence-electron chi connectivity index (χ4n) is 5.00. The molecule has 0 aliphatic carbocycles. The number of nitrogens with zero attached hydrogens (tertiary/aromatic N) is 2. The molecule has 1 amide bonds. The number of fused-ring (bicyclic) bond motifs is 3. The average molecular weight is 446 g/mol. The second-order valence-corrected chi connectivity index (χ2v) is 8.69. The van der Waals surface area contributed by atoms with Gasteiger partial charge in [-0.1, -0.05) is 36.4 Å². The Morgan fingerprint density at radius 3 is 2.61 bits per heavy atom. The Morgan fingerprint density at radius 2 is 1.85 bits per heavy atom. The summed E-state index contributed by atoms with van der Waals surface area (Å²) in [7, 11) is 1.68. The number of halogens is 1. The molecular weight excluding hydrogens is 417 g/mol. The molecule has 0 radical (unpaired) electrons. The van der Waals surface area contributed by atoms with Crippen LogP contribution in [0.15, 0.2) is 72.8 Å². The van der Waals surface area contributed by atoms with Crippen LogP contribution in [0.2, 0.25) is 0 Å². The van der Waals surface area contributed by atoms with Gasteiger partial charge in [0.05, 0.1) is 19.1 Å². The molecule has 33 heavy (non-hydrogen) atoms. The minimum atomic E-state index is -0.275. The highest BCUT2D eigenvalue weighted by molar-refractivity contribution is 5.82. The molecule has 3 aromatic rings. The van der Waals surface area contributed by atoms with E-state index in [1.165, 1.54) is 23.4 Å². The van der Waals surface area contributed by atoms with Crippen molar-refractivity contribution in [1.29, 1.82) is 0 Å². The topological polar surface area (TPSA) is 44.8 Å². The minimum Gasteiger partial charge on any atom is -0.497 e. The van der Waals surface area contributed by atoms with E-state index in [0.29, 0.717) is 13.0 Å². The Morgan fingerprint density at radius 1 is 1.06 bits per heavy atom. The normalized spacial score (nSPS) is 19.5. The molecule has 2 atom stereocenters. The number of anilines is 2. The van der Waals surface area contributed by atoms with Gasteiger partial charge < -0.3 is 19.9 Å². The fraction of sp³-hybridized carbons (Fsp3) is 0.296. The van der Waals surface area contributed by atoms with E-state index in [9.17, 15) is 9.18 Å². The number of methoxy groups -OCH3 is 1. The van der Waals surface area contributed by atoms with Crippen LogP contribution < -0.4 is 19.9 Å². The summed E-state index contributed by atoms with van der Waals surface area (Å²) in [5.74, 6) is 0.406. The Bertz CT molecular complexity index is 1120. The quantitative estimate of drug-likeness (QED) is 0.645. The summed E-state index contributed by atoms with van der Waals surface area (Å²) in [5, 5.41) is 3.10. The van der Waals surface area contributed by atoms with Crippen molar-refractivity contribution in [3.63, 3.8) is 0 Å². The molecule has 0 unspecified atom stereocenters. The molecule has 0 bridgehead atoms. The monoisotopic (exact) mass is 445 g/mol. The van der Waals surface area contributed by atoms with Crippen molar-refractivity contribution < 1.29 is 13.9 Å². The van der Waals surface area contributed by atoms with Gasteiger partial charge in [-0.2, -0.15) is 0 Å². The van der Waals surface area contributed by atoms with Crippen LogP contribution in [0, 0.1) is 11.7 Å². The summed E-state index contributed by atoms with van der Waals surface area (Å²) < 4.78 is 18.7. The van der Waals surface area contributed by atoms with Crippen LogP contribution in [0.25, 0.3) is 0 Å². The molecule has 5 nitrogen and oxygen atoms in total. The number of benzene rings is 3. The summed E-state index contributed by atoms with van der Waals surface area (Å²) in [4.78, 5) is 18.2. The van der Waals surface area contributed by atoms with Crippen LogP contribution >= 0.6 is 0 Å². The van der Waals surface area contributed by atoms with Crippen LogP contribution in [-0.4, -0.2) is 38.7 Å². The van der Waals surface area contributed by atoms with Gasteiger partial charge in [-0.15, -0.1) is 0 Å². The highest BCUT2D eigenvalue weighted by Gasteiger charge is 2.41. The molecule has 0 spiro atoms. The van der Waals surface area contributed by atoms with Crippen LogP contribution in [0.5, 0.6) is 5.75 Å². The SMILES string of the molecule is COc1ccc2c(c1)N1CCN(c3ccccc3)C[C@@H]1[C@@H](C(=O)NCc1ccc(F)cc1)C2. The van der Waals surface area contributed by atoms with Gasteiger partial charge in [-0.3, -0.25) is 4.79 Å². The molecule has 2 aliphatic rings. The number of rotatable bonds is 5. The third kappa shape index (κ3) is 4.38. The Hall–Kier alpha value is -3.54. The molecule has 1 saturated heterocycles. The number of piperazine rings is 1. The van der Waals surface area contributed by atoms with Gasteiger partial charge in [0.1, 0.15) is 11.6 Å². The first kappa shape index (κ1) is 21.3. The molecule has 1 N–H and O–H groups in total. The minimum absolute atomic E-state index is 0.0331. The smallest absolute Gasteiger partial charge is 0.225 e. The number of carbonyl (C=O) groups is 1. The van der Waals surface area contributed by atoms with E-state index in [2.05, 4.69) is 51.5 Å². The lowest BCUT2D eigenvalue weighted by molar-refractivity contribution is -0.126. The second-order valence-electron chi connectivity index (χ2n) is 8.69. The van der Waals surface area contributed by atoms with Crippen LogP contribution in [0.4, 0.5) is 15.8 Å². The molecule has 5 rings (SSSR count). The van der Waals surface area contributed by atoms with E-state index in [-0.39, 0.29) is 23.7 Å². The Kier molecular flexibility index (Phi) is 5.90. The van der Waals surface area contributed by atoms with E-state index in [0.717, 1.165) is 36.6 Å². The lowest BCUT2D eigenvalue weighted by atomic mass is 9.83. The van der Waals surface area contributed by atoms with Gasteiger partial charge in [-0.25, -0.2) is 4.39 Å². The third-order valence-electron chi connectivity index (χ3n) is 6.76. The number of para-hydroxylation sites is 1. The Balaban J connectivity index is 1.41. The van der Waals surface area contributed by atoms with E-state index in [1.54, 1.807) is 19.2 Å². The highest BCUT2D eigenvalue weighted by Crippen LogP contribution is 2.39. The van der Waals surface area contributed by atoms with Crippen molar-refractivity contribution in [1.82, 2.24) is 5.32 Å². The Labute approximate surface area is 193 Å². The summed E-state index contributed by atoms with van der Waals surface area (Å²) in [5.41, 5.74) is 4.40. The number of carbonyl (C=O) groups excluding carboxylic acids is 1. The van der Waals surface area contributed by atoms with Crippen molar-refractivity contribution in [2.45, 2.75) is 19.0 Å². The maximum absolute atomic E-state index is 13.4. The van der Waals surface area contributed by atoms with Crippen molar-refractivity contribution >= 4 is 17.3 Å². The molecule has 0 aromatic heterocycles. The zero-order valence-corrected chi connectivity index (χ0v) is 18.7. The molecule has 170 valence electrons. The molecule has 1 fully saturated rings. The van der Waals surface area contributed by atoms with Crippen LogP contribution in [0.3, 0.4) is 0 Å². The van der Waals surface area contributed by atoms with Gasteiger partial charge in [0.25, 0.3) is 0 Å². The third-order valence-corrected chi connectivity index (χ3v) is 6.76. The van der Waals surface area contributed by atoms with E-state index in [1.807, 2.05) is 12.1 Å². The lowest BCUT2D eigenvalue weighted by Crippen LogP contribution is -2.61. The molecule has 0 saturated carbocycles. The first-order valence-corrected chi connectivity index (χ1v) is 11.4. The predicted octanol–water partition coefficient (Wildman–Crippen LogP) is 4.02. The summed E-state index contributed by atoms with van der Waals surface area (Å²) in [6.45, 7) is 2.89. The molecule has 3 aromatic carbocycles. The number of nitrogens with one attached hydrogen (secondary N) is 1. The van der Waals surface area contributed by atoms with E-state index >= 15 is 0 Å². The van der Waals surface area contributed by atoms with Gasteiger partial charge in [0.15, 0.2) is 0 Å². The van der Waals surface area contributed by atoms with Crippen molar-refractivity contribution in [3.8, 4) is 5.75 Å². The predicted molar refractivity (Wildman–Crippen MR) is 128 cm³/mol. The molecule has 6 heteroatoms. The highest BCUT2D eigenvalue weighted by atomic mass is 19.1. The van der Waals surface area contributed by atoms with E-state index < -0.39 is 0 Å².